The molecule has 1 heterocycles. The summed E-state index contributed by atoms with van der Waals surface area (Å²) in [5.41, 5.74) is 1.16. The molecule has 16 heavy (non-hydrogen) atoms. The van der Waals surface area contributed by atoms with Crippen molar-refractivity contribution in [2.75, 3.05) is 5.32 Å². The number of hydrogen-bond donors (Lipinski definition) is 3. The summed E-state index contributed by atoms with van der Waals surface area (Å²) in [5.74, 6) is -2.07. The summed E-state index contributed by atoms with van der Waals surface area (Å²) < 4.78 is 0. The Bertz CT molecular complexity index is 504. The largest absolute Gasteiger partial charge is 0.511 e. The number of carbonyl (C=O) groups is 2. The highest BCUT2D eigenvalue weighted by Gasteiger charge is 2.27. The fourth-order valence-corrected chi connectivity index (χ4v) is 1.64. The molecule has 0 bridgehead atoms. The lowest BCUT2D eigenvalue weighted by Crippen LogP contribution is -2.08. The minimum absolute atomic E-state index is 0.0398. The molecule has 1 aromatic rings. The minimum atomic E-state index is -1.18. The third-order valence-electron chi connectivity index (χ3n) is 2.28. The third-order valence-corrected chi connectivity index (χ3v) is 2.28. The molecule has 0 unspecified atom stereocenters. The van der Waals surface area contributed by atoms with E-state index in [9.17, 15) is 14.7 Å². The van der Waals surface area contributed by atoms with Crippen molar-refractivity contribution in [3.05, 3.63) is 35.6 Å². The van der Waals surface area contributed by atoms with E-state index >= 15 is 0 Å². The van der Waals surface area contributed by atoms with Crippen LogP contribution < -0.4 is 5.32 Å². The summed E-state index contributed by atoms with van der Waals surface area (Å²) in [4.78, 5) is 22.0. The van der Waals surface area contributed by atoms with Crippen LogP contribution in [0.2, 0.25) is 0 Å². The third kappa shape index (κ3) is 1.63. The number of carboxylic acid groups (broad SMARTS) is 1. The Morgan fingerprint density at radius 1 is 1.25 bits per heavy atom. The topological polar surface area (TPSA) is 86.6 Å². The number of carbonyl (C=O) groups excluding carboxylic acids is 1. The highest BCUT2D eigenvalue weighted by molar-refractivity contribution is 6.32. The molecule has 1 amide bonds. The van der Waals surface area contributed by atoms with E-state index in [1.165, 1.54) is 0 Å². The first-order chi connectivity index (χ1) is 7.59. The summed E-state index contributed by atoms with van der Waals surface area (Å²) >= 11 is 0. The molecule has 0 radical (unpaired) electrons. The zero-order valence-corrected chi connectivity index (χ0v) is 8.23. The Morgan fingerprint density at radius 2 is 1.94 bits per heavy atom. The number of para-hydroxylation sites is 1. The number of aliphatic hydroxyl groups is 1. The number of benzene rings is 1. The molecule has 0 saturated carbocycles. The molecule has 0 atom stereocenters. The Kier molecular flexibility index (Phi) is 2.36. The van der Waals surface area contributed by atoms with Gasteiger partial charge in [-0.25, -0.2) is 0 Å². The van der Waals surface area contributed by atoms with Gasteiger partial charge in [-0.2, -0.15) is 0 Å². The van der Waals surface area contributed by atoms with Gasteiger partial charge < -0.3 is 15.5 Å². The van der Waals surface area contributed by atoms with Gasteiger partial charge >= 0.3 is 5.97 Å². The molecule has 1 aliphatic rings. The van der Waals surface area contributed by atoms with Crippen LogP contribution in [0, 0.1) is 0 Å². The van der Waals surface area contributed by atoms with Gasteiger partial charge in [0, 0.05) is 11.3 Å². The number of fused-ring (bicyclic) bond motifs is 1. The second-order valence-corrected chi connectivity index (χ2v) is 3.39. The number of aliphatic hydroxyl groups excluding tert-OH is 1. The van der Waals surface area contributed by atoms with Crippen molar-refractivity contribution >= 4 is 23.1 Å². The number of anilines is 1. The Labute approximate surface area is 91.0 Å². The molecule has 5 heteroatoms. The maximum absolute atomic E-state index is 11.5. The van der Waals surface area contributed by atoms with Gasteiger partial charge in [-0.15, -0.1) is 0 Å². The van der Waals surface area contributed by atoms with Gasteiger partial charge in [-0.05, 0) is 6.07 Å². The SMILES string of the molecule is O=C(O)C/C(O)=C1\C(=O)Nc2ccccc21. The lowest BCUT2D eigenvalue weighted by Gasteiger charge is -2.00. The van der Waals surface area contributed by atoms with Crippen LogP contribution in [0.4, 0.5) is 5.69 Å². The predicted molar refractivity (Wildman–Crippen MR) is 56.9 cm³/mol. The fourth-order valence-electron chi connectivity index (χ4n) is 1.64. The number of rotatable bonds is 2. The van der Waals surface area contributed by atoms with Crippen molar-refractivity contribution in [1.29, 1.82) is 0 Å². The van der Waals surface area contributed by atoms with Gasteiger partial charge in [0.25, 0.3) is 5.91 Å². The van der Waals surface area contributed by atoms with Gasteiger partial charge in [-0.1, -0.05) is 18.2 Å². The monoisotopic (exact) mass is 219 g/mol. The fraction of sp³-hybridized carbons (Fsp3) is 0.0909. The first kappa shape index (κ1) is 10.2. The van der Waals surface area contributed by atoms with Crippen molar-refractivity contribution in [2.45, 2.75) is 6.42 Å². The highest BCUT2D eigenvalue weighted by atomic mass is 16.4. The van der Waals surface area contributed by atoms with Crippen molar-refractivity contribution in [3.8, 4) is 0 Å². The zero-order chi connectivity index (χ0) is 11.7. The lowest BCUT2D eigenvalue weighted by molar-refractivity contribution is -0.136. The molecule has 82 valence electrons. The van der Waals surface area contributed by atoms with Crippen LogP contribution >= 0.6 is 0 Å². The normalized spacial score (nSPS) is 16.6. The number of carboxylic acids is 1. The number of nitrogens with one attached hydrogen (secondary N) is 1. The smallest absolute Gasteiger partial charge is 0.311 e. The van der Waals surface area contributed by atoms with Crippen LogP contribution in [0.15, 0.2) is 30.0 Å². The van der Waals surface area contributed by atoms with E-state index < -0.39 is 24.1 Å². The molecule has 3 N–H and O–H groups in total. The predicted octanol–water partition coefficient (Wildman–Crippen LogP) is 1.38. The number of aliphatic carboxylic acids is 1. The summed E-state index contributed by atoms with van der Waals surface area (Å²) in [7, 11) is 0. The molecule has 0 saturated heterocycles. The van der Waals surface area contributed by atoms with Crippen LogP contribution in [0.25, 0.3) is 5.57 Å². The second kappa shape index (κ2) is 3.69. The molecular weight excluding hydrogens is 210 g/mol. The second-order valence-electron chi connectivity index (χ2n) is 3.39. The maximum Gasteiger partial charge on any atom is 0.311 e. The average Bonchev–Trinajstić information content (AvgIpc) is 2.52. The Hall–Kier alpha value is -2.30. The van der Waals surface area contributed by atoms with E-state index in [-0.39, 0.29) is 5.57 Å². The van der Waals surface area contributed by atoms with E-state index in [0.717, 1.165) is 0 Å². The van der Waals surface area contributed by atoms with Gasteiger partial charge in [-0.3, -0.25) is 9.59 Å². The molecule has 2 rings (SSSR count). The summed E-state index contributed by atoms with van der Waals surface area (Å²) in [6.07, 6.45) is -0.558. The van der Waals surface area contributed by atoms with Crippen molar-refractivity contribution < 1.29 is 19.8 Å². The van der Waals surface area contributed by atoms with Crippen molar-refractivity contribution in [1.82, 2.24) is 0 Å². The average molecular weight is 219 g/mol. The summed E-state index contributed by atoms with van der Waals surface area (Å²) in [6, 6.07) is 6.80. The van der Waals surface area contributed by atoms with Crippen LogP contribution in [-0.4, -0.2) is 22.1 Å². The van der Waals surface area contributed by atoms with Crippen molar-refractivity contribution in [2.24, 2.45) is 0 Å². The molecule has 1 aliphatic heterocycles. The quantitative estimate of drug-likeness (QED) is 0.518. The van der Waals surface area contributed by atoms with E-state index in [1.807, 2.05) is 0 Å². The number of hydrogen-bond acceptors (Lipinski definition) is 3. The minimum Gasteiger partial charge on any atom is -0.511 e. The zero-order valence-electron chi connectivity index (χ0n) is 8.23. The van der Waals surface area contributed by atoms with E-state index in [0.29, 0.717) is 11.3 Å². The first-order valence-electron chi connectivity index (χ1n) is 4.64. The van der Waals surface area contributed by atoms with Crippen LogP contribution in [-0.2, 0) is 9.59 Å². The van der Waals surface area contributed by atoms with Crippen molar-refractivity contribution in [3.63, 3.8) is 0 Å². The van der Waals surface area contributed by atoms with Gasteiger partial charge in [0.05, 0.1) is 5.57 Å². The molecule has 0 aliphatic carbocycles. The molecular formula is C11H9NO4. The van der Waals surface area contributed by atoms with Gasteiger partial charge in [0.15, 0.2) is 0 Å². The molecule has 0 spiro atoms. The van der Waals surface area contributed by atoms with Crippen LogP contribution in [0.1, 0.15) is 12.0 Å². The standard InChI is InChI=1S/C11H9NO4/c13-8(5-9(14)15)10-6-3-1-2-4-7(6)12-11(10)16/h1-4,13H,5H2,(H,12,16)(H,14,15)/b10-8+. The van der Waals surface area contributed by atoms with E-state index in [2.05, 4.69) is 5.32 Å². The lowest BCUT2D eigenvalue weighted by atomic mass is 10.0. The Morgan fingerprint density at radius 3 is 2.62 bits per heavy atom. The van der Waals surface area contributed by atoms with E-state index in [1.54, 1.807) is 24.3 Å². The van der Waals surface area contributed by atoms with Gasteiger partial charge in [0.1, 0.15) is 12.2 Å². The number of amides is 1. The summed E-state index contributed by atoms with van der Waals surface area (Å²) in [5, 5.41) is 20.7. The Balaban J connectivity index is 2.50. The van der Waals surface area contributed by atoms with Crippen LogP contribution in [0.3, 0.4) is 0 Å². The van der Waals surface area contributed by atoms with Gasteiger partial charge in [0.2, 0.25) is 0 Å². The highest BCUT2D eigenvalue weighted by Crippen LogP contribution is 2.33. The molecule has 5 nitrogen and oxygen atoms in total. The van der Waals surface area contributed by atoms with E-state index in [4.69, 9.17) is 5.11 Å². The molecule has 0 fully saturated rings. The summed E-state index contributed by atoms with van der Waals surface area (Å²) in [6.45, 7) is 0. The maximum atomic E-state index is 11.5. The first-order valence-corrected chi connectivity index (χ1v) is 4.64. The molecule has 1 aromatic carbocycles. The molecule has 0 aromatic heterocycles. The van der Waals surface area contributed by atoms with Crippen LogP contribution in [0.5, 0.6) is 0 Å².